The number of hydrogen-bond acceptors (Lipinski definition) is 2. The molecule has 2 nitrogen and oxygen atoms in total. The molecule has 0 aromatic heterocycles. The number of anilines is 1. The van der Waals surface area contributed by atoms with E-state index in [9.17, 15) is 4.79 Å². The fourth-order valence-corrected chi connectivity index (χ4v) is 2.29. The Kier molecular flexibility index (Phi) is 3.36. The Balaban J connectivity index is 2.78. The van der Waals surface area contributed by atoms with Crippen LogP contribution in [-0.2, 0) is 0 Å². The third kappa shape index (κ3) is 2.48. The zero-order chi connectivity index (χ0) is 14.2. The molecule has 0 aliphatic carbocycles. The second-order valence-electron chi connectivity index (χ2n) is 6.15. The first kappa shape index (κ1) is 13.6. The van der Waals surface area contributed by atoms with Crippen LogP contribution in [0.25, 0.3) is 10.8 Å². The fraction of sp³-hybridized carbons (Fsp3) is 0.353. The Morgan fingerprint density at radius 1 is 1.00 bits per heavy atom. The minimum absolute atomic E-state index is 0.187. The number of rotatable bonds is 2. The number of Topliss-reactive ketones (excluding diaryl/α,β-unsaturated/α-hetero) is 1. The van der Waals surface area contributed by atoms with E-state index in [1.54, 1.807) is 0 Å². The molecule has 100 valence electrons. The Bertz CT molecular complexity index is 615. The summed E-state index contributed by atoms with van der Waals surface area (Å²) in [4.78, 5) is 14.7. The molecule has 0 fully saturated rings. The first-order chi connectivity index (χ1) is 8.82. The van der Waals surface area contributed by atoms with Crippen molar-refractivity contribution in [2.24, 2.45) is 5.41 Å². The van der Waals surface area contributed by atoms with Crippen molar-refractivity contribution in [3.8, 4) is 0 Å². The summed E-state index contributed by atoms with van der Waals surface area (Å²) in [6.07, 6.45) is 0. The molecule has 2 aromatic rings. The molecular formula is C17H21NO. The Labute approximate surface area is 115 Å². The van der Waals surface area contributed by atoms with E-state index in [1.807, 2.05) is 53.1 Å². The van der Waals surface area contributed by atoms with Crippen molar-refractivity contribution in [1.29, 1.82) is 0 Å². The average molecular weight is 255 g/mol. The Morgan fingerprint density at radius 2 is 1.58 bits per heavy atom. The largest absolute Gasteiger partial charge is 0.377 e. The van der Waals surface area contributed by atoms with Gasteiger partial charge in [0, 0.05) is 36.1 Å². The van der Waals surface area contributed by atoms with Crippen LogP contribution in [0, 0.1) is 5.41 Å². The maximum Gasteiger partial charge on any atom is 0.168 e. The molecule has 0 bridgehead atoms. The third-order valence-corrected chi connectivity index (χ3v) is 3.29. The van der Waals surface area contributed by atoms with Crippen molar-refractivity contribution in [3.05, 3.63) is 42.0 Å². The molecule has 0 heterocycles. The van der Waals surface area contributed by atoms with Crippen LogP contribution in [-0.4, -0.2) is 19.9 Å². The van der Waals surface area contributed by atoms with E-state index in [1.165, 1.54) is 0 Å². The maximum atomic E-state index is 12.6. The molecule has 0 unspecified atom stereocenters. The van der Waals surface area contributed by atoms with Crippen molar-refractivity contribution >= 4 is 22.2 Å². The highest BCUT2D eigenvalue weighted by Gasteiger charge is 2.25. The summed E-state index contributed by atoms with van der Waals surface area (Å²) in [6, 6.07) is 12.1. The number of ketones is 1. The quantitative estimate of drug-likeness (QED) is 0.752. The van der Waals surface area contributed by atoms with E-state index < -0.39 is 0 Å². The van der Waals surface area contributed by atoms with Gasteiger partial charge in [0.25, 0.3) is 0 Å². The molecule has 0 radical (unpaired) electrons. The van der Waals surface area contributed by atoms with Crippen molar-refractivity contribution in [2.75, 3.05) is 19.0 Å². The first-order valence-electron chi connectivity index (χ1n) is 6.56. The molecule has 0 atom stereocenters. The lowest BCUT2D eigenvalue weighted by molar-refractivity contribution is 0.0860. The van der Waals surface area contributed by atoms with Gasteiger partial charge in [0.15, 0.2) is 5.78 Å². The van der Waals surface area contributed by atoms with Crippen molar-refractivity contribution < 1.29 is 4.79 Å². The molecule has 0 N–H and O–H groups in total. The monoisotopic (exact) mass is 255 g/mol. The van der Waals surface area contributed by atoms with Gasteiger partial charge in [-0.2, -0.15) is 0 Å². The summed E-state index contributed by atoms with van der Waals surface area (Å²) in [5, 5.41) is 2.16. The summed E-state index contributed by atoms with van der Waals surface area (Å²) in [6.45, 7) is 5.89. The topological polar surface area (TPSA) is 20.3 Å². The van der Waals surface area contributed by atoms with Crippen LogP contribution < -0.4 is 4.90 Å². The van der Waals surface area contributed by atoms with E-state index in [0.29, 0.717) is 0 Å². The van der Waals surface area contributed by atoms with E-state index in [-0.39, 0.29) is 11.2 Å². The van der Waals surface area contributed by atoms with E-state index >= 15 is 0 Å². The van der Waals surface area contributed by atoms with Crippen molar-refractivity contribution in [1.82, 2.24) is 0 Å². The lowest BCUT2D eigenvalue weighted by Gasteiger charge is -2.21. The van der Waals surface area contributed by atoms with Gasteiger partial charge in [-0.15, -0.1) is 0 Å². The van der Waals surface area contributed by atoms with E-state index in [2.05, 4.69) is 23.1 Å². The summed E-state index contributed by atoms with van der Waals surface area (Å²) in [5.74, 6) is 0.187. The van der Waals surface area contributed by atoms with Gasteiger partial charge in [-0.3, -0.25) is 4.79 Å². The van der Waals surface area contributed by atoms with Crippen molar-refractivity contribution in [2.45, 2.75) is 20.8 Å². The number of fused-ring (bicyclic) bond motifs is 1. The summed E-state index contributed by atoms with van der Waals surface area (Å²) in [7, 11) is 4.01. The first-order valence-corrected chi connectivity index (χ1v) is 6.56. The highest BCUT2D eigenvalue weighted by atomic mass is 16.1. The highest BCUT2D eigenvalue weighted by Crippen LogP contribution is 2.32. The van der Waals surface area contributed by atoms with Gasteiger partial charge in [0.2, 0.25) is 0 Å². The predicted molar refractivity (Wildman–Crippen MR) is 82.1 cm³/mol. The van der Waals surface area contributed by atoms with Gasteiger partial charge in [-0.25, -0.2) is 0 Å². The zero-order valence-corrected chi connectivity index (χ0v) is 12.3. The van der Waals surface area contributed by atoms with Gasteiger partial charge in [-0.05, 0) is 11.5 Å². The minimum atomic E-state index is -0.367. The predicted octanol–water partition coefficient (Wildman–Crippen LogP) is 4.13. The lowest BCUT2D eigenvalue weighted by Crippen LogP contribution is -2.21. The molecule has 0 spiro atoms. The van der Waals surface area contributed by atoms with Crippen LogP contribution in [0.4, 0.5) is 5.69 Å². The van der Waals surface area contributed by atoms with Gasteiger partial charge in [0.05, 0.1) is 0 Å². The second kappa shape index (κ2) is 4.69. The fourth-order valence-electron chi connectivity index (χ4n) is 2.29. The average Bonchev–Trinajstić information content (AvgIpc) is 2.35. The van der Waals surface area contributed by atoms with Gasteiger partial charge >= 0.3 is 0 Å². The standard InChI is InChI=1S/C17H21NO/c1-17(2,3)16(19)13-10-6-8-12-9-7-11-14(15(12)13)18(4)5/h6-11H,1-5H3. The van der Waals surface area contributed by atoms with Crippen LogP contribution in [0.2, 0.25) is 0 Å². The number of carbonyl (C=O) groups is 1. The van der Waals surface area contributed by atoms with E-state index in [0.717, 1.165) is 22.0 Å². The molecular weight excluding hydrogens is 234 g/mol. The minimum Gasteiger partial charge on any atom is -0.377 e. The number of benzene rings is 2. The van der Waals surface area contributed by atoms with Crippen molar-refractivity contribution in [3.63, 3.8) is 0 Å². The summed E-state index contributed by atoms with van der Waals surface area (Å²) in [5.41, 5.74) is 1.54. The Morgan fingerprint density at radius 3 is 2.11 bits per heavy atom. The van der Waals surface area contributed by atoms with Gasteiger partial charge in [0.1, 0.15) is 0 Å². The van der Waals surface area contributed by atoms with Gasteiger partial charge in [-0.1, -0.05) is 51.1 Å². The molecule has 0 aliphatic rings. The number of nitrogens with zero attached hydrogens (tertiary/aromatic N) is 1. The number of hydrogen-bond donors (Lipinski definition) is 0. The molecule has 0 saturated heterocycles. The normalized spacial score (nSPS) is 11.6. The van der Waals surface area contributed by atoms with Crippen LogP contribution >= 0.6 is 0 Å². The van der Waals surface area contributed by atoms with E-state index in [4.69, 9.17) is 0 Å². The molecule has 2 aromatic carbocycles. The molecule has 0 saturated carbocycles. The molecule has 2 rings (SSSR count). The molecule has 2 heteroatoms. The molecule has 0 amide bonds. The summed E-state index contributed by atoms with van der Waals surface area (Å²) >= 11 is 0. The lowest BCUT2D eigenvalue weighted by atomic mass is 9.84. The van der Waals surface area contributed by atoms with Gasteiger partial charge < -0.3 is 4.90 Å². The maximum absolute atomic E-state index is 12.6. The highest BCUT2D eigenvalue weighted by molar-refractivity contribution is 6.14. The molecule has 0 aliphatic heterocycles. The zero-order valence-electron chi connectivity index (χ0n) is 12.3. The Hall–Kier alpha value is -1.83. The molecule has 19 heavy (non-hydrogen) atoms. The van der Waals surface area contributed by atoms with Crippen LogP contribution in [0.1, 0.15) is 31.1 Å². The van der Waals surface area contributed by atoms with Crippen LogP contribution in [0.5, 0.6) is 0 Å². The van der Waals surface area contributed by atoms with Crippen LogP contribution in [0.15, 0.2) is 36.4 Å². The second-order valence-corrected chi connectivity index (χ2v) is 6.15. The number of carbonyl (C=O) groups excluding carboxylic acids is 1. The van der Waals surface area contributed by atoms with Crippen LogP contribution in [0.3, 0.4) is 0 Å². The smallest absolute Gasteiger partial charge is 0.168 e. The summed E-state index contributed by atoms with van der Waals surface area (Å²) < 4.78 is 0. The third-order valence-electron chi connectivity index (χ3n) is 3.29. The SMILES string of the molecule is CN(C)c1cccc2cccc(C(=O)C(C)(C)C)c12.